The van der Waals surface area contributed by atoms with Crippen LogP contribution in [0.1, 0.15) is 39.7 Å². The summed E-state index contributed by atoms with van der Waals surface area (Å²) in [6, 6.07) is 8.17. The number of nitrogens with zero attached hydrogens (tertiary/aromatic N) is 2. The van der Waals surface area contributed by atoms with Gasteiger partial charge in [-0.1, -0.05) is 18.2 Å². The van der Waals surface area contributed by atoms with Crippen molar-refractivity contribution in [2.45, 2.75) is 52.2 Å². The van der Waals surface area contributed by atoms with Crippen LogP contribution in [0.3, 0.4) is 0 Å². The lowest BCUT2D eigenvalue weighted by atomic mass is 10.1. The van der Waals surface area contributed by atoms with E-state index in [2.05, 4.69) is 26.6 Å². The normalized spacial score (nSPS) is 16.8. The zero-order chi connectivity index (χ0) is 20.6. The van der Waals surface area contributed by atoms with Crippen LogP contribution in [0.25, 0.3) is 0 Å². The van der Waals surface area contributed by atoms with Crippen molar-refractivity contribution in [1.29, 1.82) is 0 Å². The Balaban J connectivity index is 0.00000420. The summed E-state index contributed by atoms with van der Waals surface area (Å²) >= 11 is 0. The van der Waals surface area contributed by atoms with Crippen LogP contribution in [-0.4, -0.2) is 61.9 Å². The first-order chi connectivity index (χ1) is 13.3. The lowest BCUT2D eigenvalue weighted by Gasteiger charge is -2.23. The Morgan fingerprint density at radius 1 is 1.31 bits per heavy atom. The van der Waals surface area contributed by atoms with Crippen LogP contribution in [0.15, 0.2) is 29.3 Å². The first-order valence-corrected chi connectivity index (χ1v) is 9.98. The highest BCUT2D eigenvalue weighted by molar-refractivity contribution is 14.0. The molecule has 1 unspecified atom stereocenters. The molecule has 1 amide bonds. The summed E-state index contributed by atoms with van der Waals surface area (Å²) in [6.07, 6.45) is 1.35. The molecule has 29 heavy (non-hydrogen) atoms. The van der Waals surface area contributed by atoms with Crippen molar-refractivity contribution in [3.63, 3.8) is 0 Å². The average molecular weight is 518 g/mol. The number of amides is 1. The molecule has 0 bridgehead atoms. The maximum Gasteiger partial charge on any atom is 0.407 e. The third-order valence-corrected chi connectivity index (χ3v) is 4.37. The number of halogens is 1. The number of benzene rings is 1. The van der Waals surface area contributed by atoms with Gasteiger partial charge >= 0.3 is 6.09 Å². The van der Waals surface area contributed by atoms with Crippen LogP contribution in [0.4, 0.5) is 4.79 Å². The Labute approximate surface area is 191 Å². The van der Waals surface area contributed by atoms with Gasteiger partial charge in [-0.25, -0.2) is 4.79 Å². The van der Waals surface area contributed by atoms with E-state index in [0.717, 1.165) is 37.6 Å². The van der Waals surface area contributed by atoms with Gasteiger partial charge in [0.15, 0.2) is 5.96 Å². The highest BCUT2D eigenvalue weighted by atomic mass is 127. The number of ether oxygens (including phenoxy) is 2. The first kappa shape index (κ1) is 25.3. The molecular weight excluding hydrogens is 483 g/mol. The van der Waals surface area contributed by atoms with Crippen molar-refractivity contribution >= 4 is 36.0 Å². The topological polar surface area (TPSA) is 75.2 Å². The van der Waals surface area contributed by atoms with Gasteiger partial charge in [-0.15, -0.1) is 24.0 Å². The standard InChI is InChI=1S/C21H34N4O3.HI/c1-6-27-18-10-8-7-9-16(18)11-13-23-19(22-5)25-14-12-17(15-25)24-20(26)28-21(2,3)4;/h7-10,17H,6,11-15H2,1-5H3,(H,22,23)(H,24,26);1H. The third-order valence-electron chi connectivity index (χ3n) is 4.37. The number of rotatable bonds is 6. The fourth-order valence-corrected chi connectivity index (χ4v) is 3.19. The number of hydrogen-bond donors (Lipinski definition) is 2. The molecule has 8 heteroatoms. The van der Waals surface area contributed by atoms with E-state index < -0.39 is 5.60 Å². The van der Waals surface area contributed by atoms with E-state index in [1.807, 2.05) is 45.9 Å². The van der Waals surface area contributed by atoms with Gasteiger partial charge in [-0.05, 0) is 52.2 Å². The summed E-state index contributed by atoms with van der Waals surface area (Å²) in [7, 11) is 1.78. The Morgan fingerprint density at radius 2 is 2.03 bits per heavy atom. The molecule has 1 aromatic carbocycles. The first-order valence-electron chi connectivity index (χ1n) is 9.98. The number of alkyl carbamates (subject to hydrolysis) is 1. The van der Waals surface area contributed by atoms with E-state index in [0.29, 0.717) is 13.2 Å². The molecule has 1 aliphatic heterocycles. The van der Waals surface area contributed by atoms with Crippen molar-refractivity contribution in [3.05, 3.63) is 29.8 Å². The maximum absolute atomic E-state index is 12.0. The van der Waals surface area contributed by atoms with E-state index >= 15 is 0 Å². The number of carbonyl (C=O) groups is 1. The molecule has 1 saturated heterocycles. The fourth-order valence-electron chi connectivity index (χ4n) is 3.19. The second-order valence-electron chi connectivity index (χ2n) is 7.84. The van der Waals surface area contributed by atoms with Crippen molar-refractivity contribution in [3.8, 4) is 5.75 Å². The minimum atomic E-state index is -0.488. The Hall–Kier alpha value is -1.71. The number of carbonyl (C=O) groups excluding carboxylic acids is 1. The number of aliphatic imine (C=N–C) groups is 1. The molecule has 7 nitrogen and oxygen atoms in total. The van der Waals surface area contributed by atoms with Crippen LogP contribution in [-0.2, 0) is 11.2 Å². The molecule has 1 aromatic rings. The predicted molar refractivity (Wildman–Crippen MR) is 127 cm³/mol. The Morgan fingerprint density at radius 3 is 2.69 bits per heavy atom. The van der Waals surface area contributed by atoms with E-state index in [1.165, 1.54) is 5.56 Å². The van der Waals surface area contributed by atoms with E-state index in [9.17, 15) is 4.79 Å². The van der Waals surface area contributed by atoms with Crippen molar-refractivity contribution in [2.24, 2.45) is 4.99 Å². The molecule has 0 aliphatic carbocycles. The smallest absolute Gasteiger partial charge is 0.407 e. The summed E-state index contributed by atoms with van der Waals surface area (Å²) in [5.74, 6) is 1.78. The van der Waals surface area contributed by atoms with Gasteiger partial charge in [0.25, 0.3) is 0 Å². The van der Waals surface area contributed by atoms with Gasteiger partial charge in [-0.3, -0.25) is 4.99 Å². The fraction of sp³-hybridized carbons (Fsp3) is 0.619. The molecule has 0 radical (unpaired) electrons. The molecule has 1 fully saturated rings. The average Bonchev–Trinajstić information content (AvgIpc) is 3.06. The highest BCUT2D eigenvalue weighted by Crippen LogP contribution is 2.18. The second-order valence-corrected chi connectivity index (χ2v) is 7.84. The number of nitrogens with one attached hydrogen (secondary N) is 2. The minimum absolute atomic E-state index is 0. The Kier molecular flexibility index (Phi) is 10.6. The van der Waals surface area contributed by atoms with Gasteiger partial charge < -0.3 is 25.0 Å². The van der Waals surface area contributed by atoms with Gasteiger partial charge in [0.05, 0.1) is 12.6 Å². The summed E-state index contributed by atoms with van der Waals surface area (Å²) in [4.78, 5) is 18.5. The van der Waals surface area contributed by atoms with Crippen LogP contribution in [0.2, 0.25) is 0 Å². The van der Waals surface area contributed by atoms with Gasteiger partial charge in [0.2, 0.25) is 0 Å². The lowest BCUT2D eigenvalue weighted by Crippen LogP contribution is -2.44. The van der Waals surface area contributed by atoms with Crippen LogP contribution < -0.4 is 15.4 Å². The van der Waals surface area contributed by atoms with Crippen molar-refractivity contribution in [2.75, 3.05) is 33.3 Å². The third kappa shape index (κ3) is 8.67. The number of likely N-dealkylation sites (tertiary alicyclic amines) is 1. The van der Waals surface area contributed by atoms with Gasteiger partial charge in [-0.2, -0.15) is 0 Å². The molecule has 1 atom stereocenters. The van der Waals surface area contributed by atoms with Crippen LogP contribution in [0, 0.1) is 0 Å². The largest absolute Gasteiger partial charge is 0.494 e. The predicted octanol–water partition coefficient (Wildman–Crippen LogP) is 3.42. The minimum Gasteiger partial charge on any atom is -0.494 e. The van der Waals surface area contributed by atoms with E-state index in [4.69, 9.17) is 9.47 Å². The summed E-state index contributed by atoms with van der Waals surface area (Å²) in [5.41, 5.74) is 0.691. The molecule has 164 valence electrons. The summed E-state index contributed by atoms with van der Waals surface area (Å²) < 4.78 is 11.0. The van der Waals surface area contributed by atoms with Crippen molar-refractivity contribution in [1.82, 2.24) is 15.5 Å². The molecule has 1 aliphatic rings. The van der Waals surface area contributed by atoms with Crippen LogP contribution >= 0.6 is 24.0 Å². The highest BCUT2D eigenvalue weighted by Gasteiger charge is 2.27. The zero-order valence-corrected chi connectivity index (χ0v) is 20.5. The van der Waals surface area contributed by atoms with Gasteiger partial charge in [0, 0.05) is 26.7 Å². The summed E-state index contributed by atoms with van der Waals surface area (Å²) in [6.45, 7) is 10.6. The molecule has 0 spiro atoms. The second kappa shape index (κ2) is 12.1. The molecular formula is C21H35IN4O3. The molecule has 0 aromatic heterocycles. The monoisotopic (exact) mass is 518 g/mol. The molecule has 0 saturated carbocycles. The number of guanidine groups is 1. The molecule has 2 N–H and O–H groups in total. The van der Waals surface area contributed by atoms with E-state index in [1.54, 1.807) is 7.05 Å². The zero-order valence-electron chi connectivity index (χ0n) is 18.2. The van der Waals surface area contributed by atoms with Crippen LogP contribution in [0.5, 0.6) is 5.75 Å². The lowest BCUT2D eigenvalue weighted by molar-refractivity contribution is 0.0507. The Bertz CT molecular complexity index is 676. The summed E-state index contributed by atoms with van der Waals surface area (Å²) in [5, 5.41) is 6.36. The van der Waals surface area contributed by atoms with E-state index in [-0.39, 0.29) is 36.1 Å². The van der Waals surface area contributed by atoms with Gasteiger partial charge in [0.1, 0.15) is 11.4 Å². The number of para-hydroxylation sites is 1. The molecule has 2 rings (SSSR count). The maximum atomic E-state index is 12.0. The van der Waals surface area contributed by atoms with Crippen molar-refractivity contribution < 1.29 is 14.3 Å². The molecule has 1 heterocycles. The quantitative estimate of drug-likeness (QED) is 0.343. The number of hydrogen-bond acceptors (Lipinski definition) is 4. The SMILES string of the molecule is CCOc1ccccc1CCNC(=NC)N1CCC(NC(=O)OC(C)(C)C)C1.I.